The van der Waals surface area contributed by atoms with Gasteiger partial charge in [-0.3, -0.25) is 0 Å². The highest BCUT2D eigenvalue weighted by atomic mass is 16.5. The minimum absolute atomic E-state index is 0.0100. The van der Waals surface area contributed by atoms with Gasteiger partial charge in [0, 0.05) is 6.42 Å². The van der Waals surface area contributed by atoms with E-state index in [1.54, 1.807) is 0 Å². The van der Waals surface area contributed by atoms with Gasteiger partial charge in [0.1, 0.15) is 6.61 Å². The van der Waals surface area contributed by atoms with Gasteiger partial charge in [-0.2, -0.15) is 0 Å². The summed E-state index contributed by atoms with van der Waals surface area (Å²) in [6.07, 6.45) is 32.0. The topological polar surface area (TPSA) is 21.6 Å². The summed E-state index contributed by atoms with van der Waals surface area (Å²) in [5.41, 5.74) is -0.0100. The first-order chi connectivity index (χ1) is 15.0. The molecule has 0 N–H and O–H groups in total. The number of ether oxygens (including phenoxy) is 1. The van der Waals surface area contributed by atoms with E-state index in [9.17, 15) is 0 Å². The Morgan fingerprint density at radius 3 is 1.71 bits per heavy atom. The van der Waals surface area contributed by atoms with Gasteiger partial charge < -0.3 is 4.74 Å². The highest BCUT2D eigenvalue weighted by Gasteiger charge is 2.25. The van der Waals surface area contributed by atoms with Crippen LogP contribution in [0.15, 0.2) is 29.3 Å². The van der Waals surface area contributed by atoms with Crippen LogP contribution in [0.3, 0.4) is 0 Å². The average molecular weight is 432 g/mol. The third-order valence-corrected chi connectivity index (χ3v) is 6.02. The van der Waals surface area contributed by atoms with Gasteiger partial charge in [0.25, 0.3) is 0 Å². The fourth-order valence-electron chi connectivity index (χ4n) is 4.05. The Kier molecular flexibility index (Phi) is 16.7. The molecule has 0 aromatic rings. The summed E-state index contributed by atoms with van der Waals surface area (Å²) in [6, 6.07) is 0. The van der Waals surface area contributed by atoms with Crippen molar-refractivity contribution in [2.45, 2.75) is 142 Å². The molecular formula is C29H53NO. The van der Waals surface area contributed by atoms with E-state index in [2.05, 4.69) is 57.0 Å². The van der Waals surface area contributed by atoms with E-state index in [1.165, 1.54) is 89.9 Å². The molecular weight excluding hydrogens is 378 g/mol. The normalized spacial score (nSPS) is 16.0. The van der Waals surface area contributed by atoms with Crippen LogP contribution in [-0.4, -0.2) is 18.0 Å². The van der Waals surface area contributed by atoms with Crippen LogP contribution in [0.1, 0.15) is 137 Å². The standard InChI is InChI=1S/C29H53NO/c1-27(2)24-22-20-18-16-14-12-10-8-6-5-7-9-11-13-15-17-19-21-23-25-28-30-29(3,4)26-31-28/h9,11,17,19,27H,5-8,10,12-16,18,20-26H2,1-4H3/b11-9-,19-17-. The maximum absolute atomic E-state index is 5.63. The summed E-state index contributed by atoms with van der Waals surface area (Å²) in [4.78, 5) is 4.61. The fraction of sp³-hybridized carbons (Fsp3) is 0.828. The first-order valence-corrected chi connectivity index (χ1v) is 13.5. The molecule has 0 saturated carbocycles. The molecule has 1 aliphatic rings. The fourth-order valence-corrected chi connectivity index (χ4v) is 4.05. The maximum Gasteiger partial charge on any atom is 0.183 e. The van der Waals surface area contributed by atoms with Crippen LogP contribution in [0.5, 0.6) is 0 Å². The van der Waals surface area contributed by atoms with Gasteiger partial charge in [0.2, 0.25) is 0 Å². The van der Waals surface area contributed by atoms with Crippen LogP contribution in [0.25, 0.3) is 0 Å². The van der Waals surface area contributed by atoms with Crippen molar-refractivity contribution in [2.75, 3.05) is 6.61 Å². The zero-order valence-electron chi connectivity index (χ0n) is 21.5. The molecule has 1 heterocycles. The lowest BCUT2D eigenvalue weighted by atomic mass is 10.0. The molecule has 0 unspecified atom stereocenters. The Balaban J connectivity index is 1.77. The van der Waals surface area contributed by atoms with Gasteiger partial charge in [-0.15, -0.1) is 0 Å². The second kappa shape index (κ2) is 18.5. The third kappa shape index (κ3) is 18.2. The molecule has 0 amide bonds. The summed E-state index contributed by atoms with van der Waals surface area (Å²) in [5.74, 6) is 1.84. The number of nitrogens with zero attached hydrogens (tertiary/aromatic N) is 1. The Hall–Kier alpha value is -1.05. The van der Waals surface area contributed by atoms with Crippen LogP contribution >= 0.6 is 0 Å². The van der Waals surface area contributed by atoms with Crippen LogP contribution in [0, 0.1) is 5.92 Å². The predicted octanol–water partition coefficient (Wildman–Crippen LogP) is 9.59. The van der Waals surface area contributed by atoms with E-state index in [0.29, 0.717) is 0 Å². The Morgan fingerprint density at radius 1 is 0.710 bits per heavy atom. The van der Waals surface area contributed by atoms with E-state index < -0.39 is 0 Å². The van der Waals surface area contributed by atoms with Crippen LogP contribution in [0.2, 0.25) is 0 Å². The molecule has 0 saturated heterocycles. The third-order valence-electron chi connectivity index (χ3n) is 6.02. The van der Waals surface area contributed by atoms with Crippen LogP contribution in [-0.2, 0) is 4.74 Å². The van der Waals surface area contributed by atoms with Crippen molar-refractivity contribution in [1.29, 1.82) is 0 Å². The highest BCUT2D eigenvalue weighted by Crippen LogP contribution is 2.19. The molecule has 0 bridgehead atoms. The SMILES string of the molecule is CC(C)CCCCCCCCCCCC/C=C\CC/C=C\CCCC1=NC(C)(C)CO1. The van der Waals surface area contributed by atoms with E-state index in [1.807, 2.05) is 0 Å². The van der Waals surface area contributed by atoms with E-state index >= 15 is 0 Å². The summed E-state index contributed by atoms with van der Waals surface area (Å²) in [5, 5.41) is 0. The molecule has 2 nitrogen and oxygen atoms in total. The summed E-state index contributed by atoms with van der Waals surface area (Å²) in [6.45, 7) is 9.67. The smallest absolute Gasteiger partial charge is 0.183 e. The van der Waals surface area contributed by atoms with Crippen molar-refractivity contribution < 1.29 is 4.74 Å². The molecule has 0 atom stereocenters. The highest BCUT2D eigenvalue weighted by molar-refractivity contribution is 5.78. The molecule has 0 fully saturated rings. The zero-order valence-corrected chi connectivity index (χ0v) is 21.5. The van der Waals surface area contributed by atoms with Crippen molar-refractivity contribution in [3.63, 3.8) is 0 Å². The Labute approximate surface area is 195 Å². The number of rotatable bonds is 20. The summed E-state index contributed by atoms with van der Waals surface area (Å²) >= 11 is 0. The van der Waals surface area contributed by atoms with Crippen molar-refractivity contribution >= 4 is 5.90 Å². The maximum atomic E-state index is 5.63. The summed E-state index contributed by atoms with van der Waals surface area (Å²) in [7, 11) is 0. The largest absolute Gasteiger partial charge is 0.478 e. The summed E-state index contributed by atoms with van der Waals surface area (Å²) < 4.78 is 5.63. The first-order valence-electron chi connectivity index (χ1n) is 13.5. The van der Waals surface area contributed by atoms with Crippen molar-refractivity contribution in [2.24, 2.45) is 10.9 Å². The van der Waals surface area contributed by atoms with E-state index in [0.717, 1.165) is 37.7 Å². The monoisotopic (exact) mass is 431 g/mol. The molecule has 0 aromatic carbocycles. The quantitative estimate of drug-likeness (QED) is 0.139. The van der Waals surface area contributed by atoms with Crippen molar-refractivity contribution in [3.05, 3.63) is 24.3 Å². The Morgan fingerprint density at radius 2 is 1.19 bits per heavy atom. The van der Waals surface area contributed by atoms with Gasteiger partial charge in [-0.05, 0) is 58.3 Å². The van der Waals surface area contributed by atoms with Crippen LogP contribution in [0.4, 0.5) is 0 Å². The van der Waals surface area contributed by atoms with Gasteiger partial charge in [0.15, 0.2) is 5.90 Å². The molecule has 0 radical (unpaired) electrons. The molecule has 0 aliphatic carbocycles. The number of hydrogen-bond acceptors (Lipinski definition) is 2. The number of allylic oxidation sites excluding steroid dienone is 4. The molecule has 1 rings (SSSR count). The molecule has 2 heteroatoms. The average Bonchev–Trinajstić information content (AvgIpc) is 3.07. The minimum Gasteiger partial charge on any atom is -0.478 e. The predicted molar refractivity (Wildman–Crippen MR) is 139 cm³/mol. The lowest BCUT2D eigenvalue weighted by Gasteiger charge is -2.07. The number of hydrogen-bond donors (Lipinski definition) is 0. The second-order valence-corrected chi connectivity index (χ2v) is 10.5. The first kappa shape index (κ1) is 28.0. The van der Waals surface area contributed by atoms with E-state index in [4.69, 9.17) is 4.74 Å². The lowest BCUT2D eigenvalue weighted by Crippen LogP contribution is -2.17. The van der Waals surface area contributed by atoms with Gasteiger partial charge in [0.05, 0.1) is 5.54 Å². The number of aliphatic imine (C=N–C) groups is 1. The zero-order chi connectivity index (χ0) is 22.6. The van der Waals surface area contributed by atoms with Crippen molar-refractivity contribution in [3.8, 4) is 0 Å². The lowest BCUT2D eigenvalue weighted by molar-refractivity contribution is 0.273. The minimum atomic E-state index is -0.0100. The van der Waals surface area contributed by atoms with Crippen molar-refractivity contribution in [1.82, 2.24) is 0 Å². The Bertz CT molecular complexity index is 501. The second-order valence-electron chi connectivity index (χ2n) is 10.5. The van der Waals surface area contributed by atoms with Gasteiger partial charge in [-0.1, -0.05) is 102 Å². The molecule has 180 valence electrons. The van der Waals surface area contributed by atoms with Gasteiger partial charge in [-0.25, -0.2) is 4.99 Å². The molecule has 0 spiro atoms. The number of unbranched alkanes of at least 4 members (excludes halogenated alkanes) is 12. The molecule has 31 heavy (non-hydrogen) atoms. The molecule has 0 aromatic heterocycles. The molecule has 1 aliphatic heterocycles. The van der Waals surface area contributed by atoms with Gasteiger partial charge >= 0.3 is 0 Å². The van der Waals surface area contributed by atoms with E-state index in [-0.39, 0.29) is 5.54 Å². The van der Waals surface area contributed by atoms with Crippen LogP contribution < -0.4 is 0 Å².